The van der Waals surface area contributed by atoms with Gasteiger partial charge in [-0.1, -0.05) is 12.1 Å². The number of hydrogen-bond donors (Lipinski definition) is 0. The van der Waals surface area contributed by atoms with Gasteiger partial charge in [0.15, 0.2) is 0 Å². The average Bonchev–Trinajstić information content (AvgIpc) is 2.46. The number of para-hydroxylation sites is 2. The second kappa shape index (κ2) is 6.09. The van der Waals surface area contributed by atoms with Gasteiger partial charge in [-0.3, -0.25) is 9.88 Å². The number of aromatic nitrogens is 2. The molecule has 0 saturated carbocycles. The quantitative estimate of drug-likeness (QED) is 0.815. The minimum absolute atomic E-state index is 0.405. The van der Waals surface area contributed by atoms with Gasteiger partial charge in [-0.05, 0) is 32.9 Å². The zero-order valence-electron chi connectivity index (χ0n) is 13.1. The summed E-state index contributed by atoms with van der Waals surface area (Å²) in [5.41, 5.74) is 1.18. The van der Waals surface area contributed by atoms with Crippen molar-refractivity contribution in [3.63, 3.8) is 0 Å². The van der Waals surface area contributed by atoms with Gasteiger partial charge in [0, 0.05) is 7.05 Å². The molecule has 6 nitrogen and oxygen atoms in total. The van der Waals surface area contributed by atoms with E-state index in [4.69, 9.17) is 4.74 Å². The fourth-order valence-corrected chi connectivity index (χ4v) is 1.92. The maximum Gasteiger partial charge on any atom is 0.410 e. The Morgan fingerprint density at radius 2 is 1.91 bits per heavy atom. The van der Waals surface area contributed by atoms with Crippen molar-refractivity contribution < 1.29 is 14.3 Å². The van der Waals surface area contributed by atoms with Crippen molar-refractivity contribution in [2.75, 3.05) is 7.05 Å². The molecule has 0 N–H and O–H groups in total. The van der Waals surface area contributed by atoms with E-state index in [1.54, 1.807) is 26.8 Å². The third-order valence-electron chi connectivity index (χ3n) is 3.00. The number of benzene rings is 1. The highest BCUT2D eigenvalue weighted by atomic mass is 16.6. The van der Waals surface area contributed by atoms with E-state index in [9.17, 15) is 9.59 Å². The lowest BCUT2D eigenvalue weighted by Crippen LogP contribution is -2.37. The second-order valence-electron chi connectivity index (χ2n) is 5.96. The van der Waals surface area contributed by atoms with Crippen LogP contribution in [0.4, 0.5) is 4.79 Å². The van der Waals surface area contributed by atoms with E-state index in [1.165, 1.54) is 18.1 Å². The third kappa shape index (κ3) is 3.58. The van der Waals surface area contributed by atoms with Crippen LogP contribution in [0.3, 0.4) is 0 Å². The van der Waals surface area contributed by atoms with E-state index < -0.39 is 17.7 Å². The molecular weight excluding hydrogens is 282 g/mol. The molecule has 0 radical (unpaired) electrons. The minimum atomic E-state index is -0.841. The van der Waals surface area contributed by atoms with Crippen LogP contribution in [-0.2, 0) is 9.53 Å². The summed E-state index contributed by atoms with van der Waals surface area (Å²) in [7, 11) is 1.50. The molecule has 22 heavy (non-hydrogen) atoms. The Balaban J connectivity index is 2.29. The molecule has 116 valence electrons. The van der Waals surface area contributed by atoms with Gasteiger partial charge in [-0.25, -0.2) is 9.78 Å². The van der Waals surface area contributed by atoms with Crippen LogP contribution in [-0.4, -0.2) is 39.9 Å². The Morgan fingerprint density at radius 3 is 2.50 bits per heavy atom. The monoisotopic (exact) mass is 301 g/mol. The van der Waals surface area contributed by atoms with Crippen molar-refractivity contribution >= 4 is 23.4 Å². The van der Waals surface area contributed by atoms with Gasteiger partial charge < -0.3 is 9.53 Å². The van der Waals surface area contributed by atoms with Gasteiger partial charge in [-0.2, -0.15) is 0 Å². The normalized spacial score (nSPS) is 12.7. The molecule has 2 rings (SSSR count). The first-order valence-corrected chi connectivity index (χ1v) is 6.94. The predicted octanol–water partition coefficient (Wildman–Crippen LogP) is 2.74. The van der Waals surface area contributed by atoms with Gasteiger partial charge in [0.2, 0.25) is 0 Å². The Morgan fingerprint density at radius 1 is 1.27 bits per heavy atom. The minimum Gasteiger partial charge on any atom is -0.444 e. The SMILES string of the molecule is CN(C(=O)OC(C)(C)C)C(C=O)c1cnc2ccccc2n1. The van der Waals surface area contributed by atoms with E-state index in [0.29, 0.717) is 17.5 Å². The first-order valence-electron chi connectivity index (χ1n) is 6.94. The summed E-state index contributed by atoms with van der Waals surface area (Å²) in [5, 5.41) is 0. The van der Waals surface area contributed by atoms with Gasteiger partial charge in [-0.15, -0.1) is 0 Å². The van der Waals surface area contributed by atoms with Crippen molar-refractivity contribution in [3.05, 3.63) is 36.2 Å². The molecule has 2 aromatic rings. The molecule has 0 saturated heterocycles. The van der Waals surface area contributed by atoms with Crippen LogP contribution in [0, 0.1) is 0 Å². The highest BCUT2D eigenvalue weighted by Gasteiger charge is 2.27. The van der Waals surface area contributed by atoms with E-state index in [1.807, 2.05) is 18.2 Å². The molecule has 0 aliphatic carbocycles. The Kier molecular flexibility index (Phi) is 4.40. The summed E-state index contributed by atoms with van der Waals surface area (Å²) in [5.74, 6) is 0. The highest BCUT2D eigenvalue weighted by Crippen LogP contribution is 2.20. The molecular formula is C16H19N3O3. The molecule has 6 heteroatoms. The number of carbonyl (C=O) groups excluding carboxylic acids is 2. The Hall–Kier alpha value is -2.50. The van der Waals surface area contributed by atoms with Crippen LogP contribution in [0.15, 0.2) is 30.5 Å². The van der Waals surface area contributed by atoms with Crippen LogP contribution < -0.4 is 0 Å². The molecule has 1 atom stereocenters. The third-order valence-corrected chi connectivity index (χ3v) is 3.00. The standard InChI is InChI=1S/C16H19N3O3/c1-16(2,3)22-15(21)19(4)14(10-20)13-9-17-11-7-5-6-8-12(11)18-13/h5-10,14H,1-4H3. The molecule has 1 heterocycles. The van der Waals surface area contributed by atoms with E-state index in [-0.39, 0.29) is 0 Å². The van der Waals surface area contributed by atoms with Crippen molar-refractivity contribution in [2.45, 2.75) is 32.4 Å². The number of ether oxygens (including phenoxy) is 1. The number of nitrogens with zero attached hydrogens (tertiary/aromatic N) is 3. The maximum absolute atomic E-state index is 12.1. The summed E-state index contributed by atoms with van der Waals surface area (Å²) in [6.07, 6.45) is 1.57. The lowest BCUT2D eigenvalue weighted by Gasteiger charge is -2.27. The van der Waals surface area contributed by atoms with Gasteiger partial charge in [0.05, 0.1) is 22.9 Å². The average molecular weight is 301 g/mol. The number of likely N-dealkylation sites (N-methyl/N-ethyl adjacent to an activating group) is 1. The summed E-state index contributed by atoms with van der Waals surface area (Å²) in [6, 6.07) is 6.50. The van der Waals surface area contributed by atoms with Crippen molar-refractivity contribution in [1.82, 2.24) is 14.9 Å². The molecule has 1 amide bonds. The largest absolute Gasteiger partial charge is 0.444 e. The predicted molar refractivity (Wildman–Crippen MR) is 82.3 cm³/mol. The zero-order valence-corrected chi connectivity index (χ0v) is 13.1. The first-order chi connectivity index (χ1) is 10.3. The highest BCUT2D eigenvalue weighted by molar-refractivity contribution is 5.77. The Bertz CT molecular complexity index is 694. The zero-order chi connectivity index (χ0) is 16.3. The summed E-state index contributed by atoms with van der Waals surface area (Å²) in [6.45, 7) is 5.31. The van der Waals surface area contributed by atoms with E-state index >= 15 is 0 Å². The molecule has 1 aromatic heterocycles. The molecule has 0 aliphatic heterocycles. The lowest BCUT2D eigenvalue weighted by molar-refractivity contribution is -0.112. The number of carbonyl (C=O) groups is 2. The number of hydrogen-bond acceptors (Lipinski definition) is 5. The number of fused-ring (bicyclic) bond motifs is 1. The Labute approximate surface area is 129 Å². The fraction of sp³-hybridized carbons (Fsp3) is 0.375. The lowest BCUT2D eigenvalue weighted by atomic mass is 10.2. The second-order valence-corrected chi connectivity index (χ2v) is 5.96. The van der Waals surface area contributed by atoms with Crippen LogP contribution in [0.25, 0.3) is 11.0 Å². The van der Waals surface area contributed by atoms with Crippen LogP contribution in [0.2, 0.25) is 0 Å². The first kappa shape index (κ1) is 15.9. The van der Waals surface area contributed by atoms with Crippen LogP contribution in [0.1, 0.15) is 32.5 Å². The van der Waals surface area contributed by atoms with Gasteiger partial charge in [0.1, 0.15) is 17.9 Å². The van der Waals surface area contributed by atoms with Crippen LogP contribution in [0.5, 0.6) is 0 Å². The van der Waals surface area contributed by atoms with Crippen molar-refractivity contribution in [2.24, 2.45) is 0 Å². The van der Waals surface area contributed by atoms with E-state index in [0.717, 1.165) is 5.52 Å². The van der Waals surface area contributed by atoms with E-state index in [2.05, 4.69) is 9.97 Å². The molecule has 0 fully saturated rings. The topological polar surface area (TPSA) is 72.4 Å². The van der Waals surface area contributed by atoms with Crippen molar-refractivity contribution in [3.8, 4) is 0 Å². The van der Waals surface area contributed by atoms with Crippen LogP contribution >= 0.6 is 0 Å². The maximum atomic E-state index is 12.1. The number of rotatable bonds is 3. The smallest absolute Gasteiger partial charge is 0.410 e. The molecule has 0 spiro atoms. The number of aldehydes is 1. The molecule has 0 bridgehead atoms. The molecule has 0 aliphatic rings. The van der Waals surface area contributed by atoms with Crippen molar-refractivity contribution in [1.29, 1.82) is 0 Å². The summed E-state index contributed by atoms with van der Waals surface area (Å²) < 4.78 is 5.27. The van der Waals surface area contributed by atoms with Gasteiger partial charge in [0.25, 0.3) is 0 Å². The number of amides is 1. The fourth-order valence-electron chi connectivity index (χ4n) is 1.92. The summed E-state index contributed by atoms with van der Waals surface area (Å²) in [4.78, 5) is 33.4. The molecule has 1 aromatic carbocycles. The molecule has 1 unspecified atom stereocenters. The summed E-state index contributed by atoms with van der Waals surface area (Å²) >= 11 is 0. The van der Waals surface area contributed by atoms with Gasteiger partial charge >= 0.3 is 6.09 Å².